The number of pyridine rings is 1. The van der Waals surface area contributed by atoms with Gasteiger partial charge in [0.15, 0.2) is 0 Å². The fourth-order valence-corrected chi connectivity index (χ4v) is 1.37. The number of hydrogen-bond acceptors (Lipinski definition) is 3. The number of ether oxygens (including phenoxy) is 1. The summed E-state index contributed by atoms with van der Waals surface area (Å²) in [5.41, 5.74) is -0.865. The Morgan fingerprint density at radius 3 is 2.73 bits per heavy atom. The summed E-state index contributed by atoms with van der Waals surface area (Å²) in [6.45, 7) is 4.18. The molecule has 4 nitrogen and oxygen atoms in total. The second-order valence-electron chi connectivity index (χ2n) is 3.97. The highest BCUT2D eigenvalue weighted by Crippen LogP contribution is 2.14. The molecule has 0 saturated carbocycles. The van der Waals surface area contributed by atoms with Crippen LogP contribution in [0.4, 0.5) is 0 Å². The minimum Gasteiger partial charge on any atom is -0.386 e. The van der Waals surface area contributed by atoms with Gasteiger partial charge in [0.1, 0.15) is 0 Å². The Morgan fingerprint density at radius 1 is 1.53 bits per heavy atom. The van der Waals surface area contributed by atoms with Crippen LogP contribution in [0.1, 0.15) is 19.4 Å². The summed E-state index contributed by atoms with van der Waals surface area (Å²) in [5.74, 6) is 0. The summed E-state index contributed by atoms with van der Waals surface area (Å²) in [6.07, 6.45) is 1.69. The van der Waals surface area contributed by atoms with Gasteiger partial charge in [-0.2, -0.15) is 0 Å². The van der Waals surface area contributed by atoms with E-state index in [0.717, 1.165) is 0 Å². The van der Waals surface area contributed by atoms with Crippen molar-refractivity contribution >= 4 is 0 Å². The summed E-state index contributed by atoms with van der Waals surface area (Å²) in [6, 6.07) is 3.40. The predicted molar refractivity (Wildman–Crippen MR) is 57.8 cm³/mol. The Balaban J connectivity index is 3.07. The molecule has 15 heavy (non-hydrogen) atoms. The quantitative estimate of drug-likeness (QED) is 0.798. The number of nitrogens with zero attached hydrogens (tertiary/aromatic N) is 1. The molecule has 4 heteroatoms. The number of rotatable bonds is 4. The summed E-state index contributed by atoms with van der Waals surface area (Å²) < 4.78 is 6.44. The topological polar surface area (TPSA) is 51.5 Å². The molecule has 1 N–H and O–H groups in total. The van der Waals surface area contributed by atoms with E-state index in [-0.39, 0.29) is 5.56 Å². The minimum absolute atomic E-state index is 0.165. The third kappa shape index (κ3) is 2.91. The zero-order chi connectivity index (χ0) is 11.5. The molecule has 0 aromatic carbocycles. The molecule has 0 radical (unpaired) electrons. The van der Waals surface area contributed by atoms with E-state index in [2.05, 4.69) is 0 Å². The van der Waals surface area contributed by atoms with E-state index in [1.165, 1.54) is 4.57 Å². The maximum Gasteiger partial charge on any atom is 0.256 e. The van der Waals surface area contributed by atoms with E-state index < -0.39 is 5.60 Å². The number of methoxy groups -OCH3 is 1. The molecule has 0 atom stereocenters. The molecule has 1 heterocycles. The fraction of sp³-hybridized carbons (Fsp3) is 0.545. The zero-order valence-electron chi connectivity index (χ0n) is 9.36. The van der Waals surface area contributed by atoms with Crippen molar-refractivity contribution in [1.82, 2.24) is 4.57 Å². The van der Waals surface area contributed by atoms with Crippen LogP contribution >= 0.6 is 0 Å². The van der Waals surface area contributed by atoms with Crippen LogP contribution in [0.25, 0.3) is 0 Å². The Hall–Kier alpha value is -1.13. The van der Waals surface area contributed by atoms with Crippen LogP contribution in [0.5, 0.6) is 0 Å². The molecule has 0 amide bonds. The molecule has 0 aliphatic carbocycles. The van der Waals surface area contributed by atoms with E-state index >= 15 is 0 Å². The van der Waals surface area contributed by atoms with E-state index in [4.69, 9.17) is 4.74 Å². The highest BCUT2D eigenvalue weighted by molar-refractivity contribution is 5.16. The Kier molecular flexibility index (Phi) is 3.66. The van der Waals surface area contributed by atoms with Gasteiger partial charge in [-0.1, -0.05) is 0 Å². The molecule has 0 bridgehead atoms. The first-order chi connectivity index (χ1) is 6.96. The first-order valence-corrected chi connectivity index (χ1v) is 4.88. The van der Waals surface area contributed by atoms with Crippen LogP contribution < -0.4 is 5.56 Å². The van der Waals surface area contributed by atoms with Gasteiger partial charge in [0, 0.05) is 25.4 Å². The van der Waals surface area contributed by atoms with E-state index in [1.54, 1.807) is 39.3 Å². The van der Waals surface area contributed by atoms with E-state index in [1.807, 2.05) is 0 Å². The minimum atomic E-state index is -1.10. The third-order valence-corrected chi connectivity index (χ3v) is 2.22. The zero-order valence-corrected chi connectivity index (χ0v) is 9.36. The van der Waals surface area contributed by atoms with Crippen LogP contribution in [-0.2, 0) is 16.9 Å². The molecule has 84 valence electrons. The van der Waals surface area contributed by atoms with Gasteiger partial charge < -0.3 is 14.4 Å². The van der Waals surface area contributed by atoms with E-state index in [0.29, 0.717) is 18.7 Å². The Morgan fingerprint density at radius 2 is 2.20 bits per heavy atom. The summed E-state index contributed by atoms with van der Waals surface area (Å²) in [7, 11) is 1.59. The lowest BCUT2D eigenvalue weighted by molar-refractivity contribution is 0.0762. The second kappa shape index (κ2) is 4.59. The van der Waals surface area contributed by atoms with Gasteiger partial charge in [0.25, 0.3) is 5.56 Å². The number of aliphatic hydroxyl groups is 1. The molecular formula is C11H17NO3. The van der Waals surface area contributed by atoms with Gasteiger partial charge in [0.05, 0.1) is 12.2 Å². The standard InChI is InChI=1S/C11H17NO3/c1-11(2,14)9-5-4-6-12(10(9)13)7-8-15-3/h4-6,14H,7-8H2,1-3H3. The van der Waals surface area contributed by atoms with Crippen LogP contribution in [-0.4, -0.2) is 23.4 Å². The van der Waals surface area contributed by atoms with Crippen molar-refractivity contribution in [3.05, 3.63) is 34.2 Å². The molecular weight excluding hydrogens is 194 g/mol. The maximum atomic E-state index is 11.9. The number of aromatic nitrogens is 1. The van der Waals surface area contributed by atoms with Crippen LogP contribution in [0.3, 0.4) is 0 Å². The van der Waals surface area contributed by atoms with Crippen molar-refractivity contribution in [1.29, 1.82) is 0 Å². The molecule has 1 rings (SSSR count). The van der Waals surface area contributed by atoms with Crippen LogP contribution in [0.15, 0.2) is 23.1 Å². The van der Waals surface area contributed by atoms with Crippen molar-refractivity contribution in [3.8, 4) is 0 Å². The fourth-order valence-electron chi connectivity index (χ4n) is 1.37. The van der Waals surface area contributed by atoms with Crippen LogP contribution in [0, 0.1) is 0 Å². The Bertz CT molecular complexity index is 376. The molecule has 1 aromatic rings. The highest BCUT2D eigenvalue weighted by Gasteiger charge is 2.20. The van der Waals surface area contributed by atoms with Gasteiger partial charge >= 0.3 is 0 Å². The highest BCUT2D eigenvalue weighted by atomic mass is 16.5. The molecule has 0 aliphatic heterocycles. The SMILES string of the molecule is COCCn1cccc(C(C)(C)O)c1=O. The van der Waals surface area contributed by atoms with Gasteiger partial charge in [-0.3, -0.25) is 4.79 Å². The first kappa shape index (κ1) is 11.9. The van der Waals surface area contributed by atoms with Gasteiger partial charge in [-0.25, -0.2) is 0 Å². The molecule has 0 fully saturated rings. The van der Waals surface area contributed by atoms with Crippen molar-refractivity contribution in [2.45, 2.75) is 26.0 Å². The normalized spacial score (nSPS) is 11.7. The average Bonchev–Trinajstić information content (AvgIpc) is 2.14. The predicted octanol–water partition coefficient (Wildman–Crippen LogP) is 0.722. The van der Waals surface area contributed by atoms with Crippen molar-refractivity contribution in [2.24, 2.45) is 0 Å². The molecule has 0 spiro atoms. The maximum absolute atomic E-state index is 11.9. The first-order valence-electron chi connectivity index (χ1n) is 4.88. The monoisotopic (exact) mass is 211 g/mol. The average molecular weight is 211 g/mol. The number of hydrogen-bond donors (Lipinski definition) is 1. The van der Waals surface area contributed by atoms with Crippen LogP contribution in [0.2, 0.25) is 0 Å². The van der Waals surface area contributed by atoms with Gasteiger partial charge in [0.2, 0.25) is 0 Å². The lowest BCUT2D eigenvalue weighted by Gasteiger charge is -2.18. The van der Waals surface area contributed by atoms with Crippen molar-refractivity contribution in [3.63, 3.8) is 0 Å². The Labute approximate surface area is 89.1 Å². The third-order valence-electron chi connectivity index (χ3n) is 2.22. The van der Waals surface area contributed by atoms with Crippen molar-refractivity contribution < 1.29 is 9.84 Å². The van der Waals surface area contributed by atoms with Gasteiger partial charge in [-0.05, 0) is 26.0 Å². The largest absolute Gasteiger partial charge is 0.386 e. The van der Waals surface area contributed by atoms with Gasteiger partial charge in [-0.15, -0.1) is 0 Å². The second-order valence-corrected chi connectivity index (χ2v) is 3.97. The summed E-state index contributed by atoms with van der Waals surface area (Å²) in [5, 5.41) is 9.78. The summed E-state index contributed by atoms with van der Waals surface area (Å²) in [4.78, 5) is 11.9. The molecule has 0 saturated heterocycles. The van der Waals surface area contributed by atoms with Crippen molar-refractivity contribution in [2.75, 3.05) is 13.7 Å². The molecule has 0 unspecified atom stereocenters. The molecule has 0 aliphatic rings. The van der Waals surface area contributed by atoms with E-state index in [9.17, 15) is 9.90 Å². The summed E-state index contributed by atoms with van der Waals surface area (Å²) >= 11 is 0. The lowest BCUT2D eigenvalue weighted by Crippen LogP contribution is -2.32. The smallest absolute Gasteiger partial charge is 0.256 e. The molecule has 1 aromatic heterocycles. The lowest BCUT2D eigenvalue weighted by atomic mass is 10.0.